The van der Waals surface area contributed by atoms with E-state index in [0.29, 0.717) is 5.25 Å². The van der Waals surface area contributed by atoms with Gasteiger partial charge in [0.25, 0.3) is 0 Å². The Morgan fingerprint density at radius 1 is 1.38 bits per heavy atom. The van der Waals surface area contributed by atoms with Crippen LogP contribution in [-0.4, -0.2) is 17.0 Å². The fraction of sp³-hybridized carbons (Fsp3) is 0.500. The summed E-state index contributed by atoms with van der Waals surface area (Å²) in [4.78, 5) is 0. The molecule has 4 heteroatoms. The van der Waals surface area contributed by atoms with Gasteiger partial charge in [-0.2, -0.15) is 11.8 Å². The van der Waals surface area contributed by atoms with Crippen LogP contribution in [0.1, 0.15) is 19.4 Å². The fourth-order valence-electron chi connectivity index (χ4n) is 1.40. The molecule has 1 unspecified atom stereocenters. The van der Waals surface area contributed by atoms with Crippen LogP contribution in [-0.2, 0) is 6.42 Å². The number of hydrogen-bond donors (Lipinski definition) is 2. The van der Waals surface area contributed by atoms with Crippen molar-refractivity contribution < 1.29 is 0 Å². The number of hydrazine groups is 1. The molecule has 1 atom stereocenters. The molecule has 2 nitrogen and oxygen atoms in total. The van der Waals surface area contributed by atoms with Crippen molar-refractivity contribution in [1.29, 1.82) is 0 Å². The molecule has 0 radical (unpaired) electrons. The maximum Gasteiger partial charge on any atom is 0.0438 e. The van der Waals surface area contributed by atoms with Crippen LogP contribution in [0.2, 0.25) is 5.02 Å². The monoisotopic (exact) mass is 258 g/mol. The smallest absolute Gasteiger partial charge is 0.0438 e. The Hall–Kier alpha value is -0.220. The number of hydrogen-bond acceptors (Lipinski definition) is 3. The molecule has 0 aliphatic carbocycles. The maximum absolute atomic E-state index is 6.11. The van der Waals surface area contributed by atoms with Crippen LogP contribution in [0.4, 0.5) is 0 Å². The van der Waals surface area contributed by atoms with Crippen molar-refractivity contribution >= 4 is 23.4 Å². The summed E-state index contributed by atoms with van der Waals surface area (Å²) in [6, 6.07) is 8.18. The number of halogens is 1. The third-order valence-electron chi connectivity index (χ3n) is 2.29. The zero-order valence-electron chi connectivity index (χ0n) is 9.74. The molecule has 1 aromatic rings. The van der Waals surface area contributed by atoms with Crippen molar-refractivity contribution in [3.05, 3.63) is 34.9 Å². The van der Waals surface area contributed by atoms with Gasteiger partial charge in [-0.1, -0.05) is 43.6 Å². The van der Waals surface area contributed by atoms with E-state index in [0.717, 1.165) is 22.8 Å². The van der Waals surface area contributed by atoms with Crippen LogP contribution < -0.4 is 11.3 Å². The van der Waals surface area contributed by atoms with Gasteiger partial charge in [0, 0.05) is 16.8 Å². The van der Waals surface area contributed by atoms with Crippen molar-refractivity contribution in [3.63, 3.8) is 0 Å². The Balaban J connectivity index is 2.53. The Morgan fingerprint density at radius 3 is 2.62 bits per heavy atom. The molecule has 16 heavy (non-hydrogen) atoms. The van der Waals surface area contributed by atoms with Crippen molar-refractivity contribution in [2.24, 2.45) is 5.84 Å². The van der Waals surface area contributed by atoms with E-state index in [1.54, 1.807) is 0 Å². The molecule has 0 amide bonds. The minimum Gasteiger partial charge on any atom is -0.271 e. The molecule has 0 aliphatic heterocycles. The highest BCUT2D eigenvalue weighted by molar-refractivity contribution is 7.99. The number of nitrogens with one attached hydrogen (secondary N) is 1. The highest BCUT2D eigenvalue weighted by atomic mass is 35.5. The van der Waals surface area contributed by atoms with Crippen LogP contribution in [0.25, 0.3) is 0 Å². The van der Waals surface area contributed by atoms with Gasteiger partial charge in [-0.05, 0) is 23.3 Å². The molecular formula is C12H19ClN2S. The Morgan fingerprint density at radius 2 is 2.06 bits per heavy atom. The van der Waals surface area contributed by atoms with Gasteiger partial charge in [0.15, 0.2) is 0 Å². The zero-order chi connectivity index (χ0) is 12.0. The number of nitrogens with two attached hydrogens (primary N) is 1. The second kappa shape index (κ2) is 7.17. The molecule has 1 rings (SSSR count). The average Bonchev–Trinajstić information content (AvgIpc) is 2.26. The predicted molar refractivity (Wildman–Crippen MR) is 73.9 cm³/mol. The van der Waals surface area contributed by atoms with E-state index >= 15 is 0 Å². The first-order chi connectivity index (χ1) is 7.63. The minimum absolute atomic E-state index is 0.271. The van der Waals surface area contributed by atoms with Gasteiger partial charge in [0.2, 0.25) is 0 Å². The summed E-state index contributed by atoms with van der Waals surface area (Å²) in [7, 11) is 0. The summed E-state index contributed by atoms with van der Waals surface area (Å²) in [5.41, 5.74) is 4.00. The van der Waals surface area contributed by atoms with Crippen molar-refractivity contribution in [3.8, 4) is 0 Å². The zero-order valence-corrected chi connectivity index (χ0v) is 11.3. The van der Waals surface area contributed by atoms with E-state index in [1.807, 2.05) is 36.0 Å². The summed E-state index contributed by atoms with van der Waals surface area (Å²) in [5, 5.41) is 1.44. The number of rotatable bonds is 6. The molecular weight excluding hydrogens is 240 g/mol. The molecule has 0 saturated heterocycles. The van der Waals surface area contributed by atoms with E-state index in [1.165, 1.54) is 0 Å². The van der Waals surface area contributed by atoms with Crippen molar-refractivity contribution in [2.75, 3.05) is 5.75 Å². The lowest BCUT2D eigenvalue weighted by molar-refractivity contribution is 0.575. The summed E-state index contributed by atoms with van der Waals surface area (Å²) < 4.78 is 0. The largest absolute Gasteiger partial charge is 0.271 e. The van der Waals surface area contributed by atoms with Gasteiger partial charge in [0.05, 0.1) is 0 Å². The second-order valence-electron chi connectivity index (χ2n) is 4.04. The maximum atomic E-state index is 6.11. The molecule has 0 bridgehead atoms. The summed E-state index contributed by atoms with van der Waals surface area (Å²) >= 11 is 8.02. The highest BCUT2D eigenvalue weighted by Crippen LogP contribution is 2.19. The third kappa shape index (κ3) is 4.74. The minimum atomic E-state index is 0.271. The molecule has 3 N–H and O–H groups in total. The van der Waals surface area contributed by atoms with Gasteiger partial charge in [-0.25, -0.2) is 0 Å². The van der Waals surface area contributed by atoms with Crippen LogP contribution in [0.5, 0.6) is 0 Å². The SMILES string of the molecule is CC(C)SCC(Cc1ccccc1Cl)NN. The van der Waals surface area contributed by atoms with E-state index < -0.39 is 0 Å². The first-order valence-electron chi connectivity index (χ1n) is 5.44. The first kappa shape index (κ1) is 13.8. The fourth-order valence-corrected chi connectivity index (χ4v) is 2.45. The number of thioether (sulfide) groups is 1. The molecule has 1 aromatic carbocycles. The lowest BCUT2D eigenvalue weighted by atomic mass is 10.1. The standard InChI is InChI=1S/C12H19ClN2S/c1-9(2)16-8-11(15-14)7-10-5-3-4-6-12(10)13/h3-6,9,11,15H,7-8,14H2,1-2H3. The molecule has 90 valence electrons. The van der Waals surface area contributed by atoms with E-state index in [2.05, 4.69) is 19.3 Å². The topological polar surface area (TPSA) is 38.0 Å². The molecule has 0 heterocycles. The van der Waals surface area contributed by atoms with Gasteiger partial charge in [-0.15, -0.1) is 0 Å². The molecule has 0 spiro atoms. The Labute approximate surface area is 107 Å². The van der Waals surface area contributed by atoms with Crippen molar-refractivity contribution in [1.82, 2.24) is 5.43 Å². The van der Waals surface area contributed by atoms with Gasteiger partial charge >= 0.3 is 0 Å². The van der Waals surface area contributed by atoms with Gasteiger partial charge in [0.1, 0.15) is 0 Å². The molecule has 0 fully saturated rings. The average molecular weight is 259 g/mol. The van der Waals surface area contributed by atoms with E-state index in [4.69, 9.17) is 17.4 Å². The van der Waals surface area contributed by atoms with Gasteiger partial charge < -0.3 is 0 Å². The molecule has 0 aliphatic rings. The Kier molecular flexibility index (Phi) is 6.21. The van der Waals surface area contributed by atoms with Crippen LogP contribution in [0.15, 0.2) is 24.3 Å². The highest BCUT2D eigenvalue weighted by Gasteiger charge is 2.10. The Bertz CT molecular complexity index is 318. The van der Waals surface area contributed by atoms with Crippen molar-refractivity contribution in [2.45, 2.75) is 31.6 Å². The molecule has 0 aromatic heterocycles. The summed E-state index contributed by atoms with van der Waals surface area (Å²) in [5.74, 6) is 6.55. The summed E-state index contributed by atoms with van der Waals surface area (Å²) in [6.07, 6.45) is 0.871. The van der Waals surface area contributed by atoms with Crippen LogP contribution in [0.3, 0.4) is 0 Å². The van der Waals surface area contributed by atoms with Crippen LogP contribution in [0, 0.1) is 0 Å². The summed E-state index contributed by atoms with van der Waals surface area (Å²) in [6.45, 7) is 4.38. The predicted octanol–water partition coefficient (Wildman–Crippen LogP) is 2.86. The molecule has 0 saturated carbocycles. The van der Waals surface area contributed by atoms with E-state index in [9.17, 15) is 0 Å². The lowest BCUT2D eigenvalue weighted by Gasteiger charge is -2.17. The quantitative estimate of drug-likeness (QED) is 0.609. The van der Waals surface area contributed by atoms with E-state index in [-0.39, 0.29) is 6.04 Å². The first-order valence-corrected chi connectivity index (χ1v) is 6.87. The lowest BCUT2D eigenvalue weighted by Crippen LogP contribution is -2.39. The van der Waals surface area contributed by atoms with Gasteiger partial charge in [-0.3, -0.25) is 11.3 Å². The van der Waals surface area contributed by atoms with Crippen LogP contribution >= 0.6 is 23.4 Å². The number of benzene rings is 1. The third-order valence-corrected chi connectivity index (χ3v) is 3.92. The normalized spacial score (nSPS) is 13.1. The second-order valence-corrected chi connectivity index (χ2v) is 6.06.